The Labute approximate surface area is 80.7 Å². The molecule has 4 nitrogen and oxygen atoms in total. The average Bonchev–Trinajstić information content (AvgIpc) is 2.12. The molecule has 0 aliphatic carbocycles. The fourth-order valence-corrected chi connectivity index (χ4v) is 1.46. The van der Waals surface area contributed by atoms with Crippen LogP contribution >= 0.6 is 0 Å². The number of alkyl halides is 2. The Hall–Kier alpha value is -0.750. The molecular formula is C8H14F2N2O2. The third-order valence-electron chi connectivity index (χ3n) is 2.27. The van der Waals surface area contributed by atoms with E-state index in [1.54, 1.807) is 0 Å². The first-order valence-corrected chi connectivity index (χ1v) is 4.53. The number of carbonyl (C=O) groups excluding carboxylic acids is 1. The van der Waals surface area contributed by atoms with Crippen LogP contribution in [0, 0.1) is 0 Å². The molecule has 0 spiro atoms. The van der Waals surface area contributed by atoms with Gasteiger partial charge in [-0.3, -0.25) is 4.79 Å². The van der Waals surface area contributed by atoms with Gasteiger partial charge in [0, 0.05) is 6.54 Å². The van der Waals surface area contributed by atoms with Crippen molar-refractivity contribution in [3.63, 3.8) is 0 Å². The maximum atomic E-state index is 12.0. The second-order valence-electron chi connectivity index (χ2n) is 3.43. The van der Waals surface area contributed by atoms with E-state index in [2.05, 4.69) is 0 Å². The van der Waals surface area contributed by atoms with Gasteiger partial charge in [-0.1, -0.05) is 0 Å². The highest BCUT2D eigenvalue weighted by Crippen LogP contribution is 2.12. The summed E-state index contributed by atoms with van der Waals surface area (Å²) in [5.41, 5.74) is 5.46. The molecule has 0 radical (unpaired) electrons. The first-order valence-electron chi connectivity index (χ1n) is 4.53. The van der Waals surface area contributed by atoms with Crippen LogP contribution in [0.3, 0.4) is 0 Å². The zero-order chi connectivity index (χ0) is 10.7. The normalized spacial score (nSPS) is 25.6. The fourth-order valence-electron chi connectivity index (χ4n) is 1.46. The summed E-state index contributed by atoms with van der Waals surface area (Å²) < 4.78 is 24.0. The molecule has 3 N–H and O–H groups in total. The highest BCUT2D eigenvalue weighted by atomic mass is 19.3. The molecule has 1 aliphatic rings. The summed E-state index contributed by atoms with van der Waals surface area (Å²) in [6.07, 6.45) is -3.31. The van der Waals surface area contributed by atoms with Gasteiger partial charge in [0.25, 0.3) is 6.43 Å². The van der Waals surface area contributed by atoms with Gasteiger partial charge in [-0.15, -0.1) is 0 Å². The van der Waals surface area contributed by atoms with Crippen molar-refractivity contribution in [2.45, 2.75) is 31.4 Å². The number of carbonyl (C=O) groups is 1. The van der Waals surface area contributed by atoms with E-state index in [1.165, 1.54) is 4.90 Å². The van der Waals surface area contributed by atoms with Crippen LogP contribution in [-0.4, -0.2) is 47.6 Å². The first-order chi connectivity index (χ1) is 6.52. The zero-order valence-corrected chi connectivity index (χ0v) is 7.70. The molecule has 0 aromatic heterocycles. The minimum Gasteiger partial charge on any atom is -0.385 e. The number of aliphatic hydroxyl groups excluding tert-OH is 1. The Balaban J connectivity index is 2.47. The molecule has 1 aliphatic heterocycles. The number of piperidine rings is 1. The van der Waals surface area contributed by atoms with Gasteiger partial charge in [0.05, 0.1) is 12.6 Å². The lowest BCUT2D eigenvalue weighted by molar-refractivity contribution is -0.138. The molecule has 0 aromatic rings. The third-order valence-corrected chi connectivity index (χ3v) is 2.27. The summed E-state index contributed by atoms with van der Waals surface area (Å²) >= 11 is 0. The Bertz CT molecular complexity index is 214. The number of nitrogens with two attached hydrogens (primary N) is 1. The van der Waals surface area contributed by atoms with E-state index in [0.717, 1.165) is 0 Å². The molecule has 1 saturated heterocycles. The number of amides is 1. The monoisotopic (exact) mass is 208 g/mol. The fraction of sp³-hybridized carbons (Fsp3) is 0.875. The molecule has 0 bridgehead atoms. The number of nitrogens with zero attached hydrogens (tertiary/aromatic N) is 1. The number of rotatable bonds is 3. The van der Waals surface area contributed by atoms with E-state index in [4.69, 9.17) is 10.8 Å². The van der Waals surface area contributed by atoms with E-state index in [0.29, 0.717) is 19.4 Å². The largest absolute Gasteiger partial charge is 0.385 e. The van der Waals surface area contributed by atoms with Gasteiger partial charge in [-0.05, 0) is 12.8 Å². The highest BCUT2D eigenvalue weighted by Gasteiger charge is 2.29. The summed E-state index contributed by atoms with van der Waals surface area (Å²) in [5.74, 6) is -0.351. The number of hydrogen-bond donors (Lipinski definition) is 2. The predicted octanol–water partition coefficient (Wildman–Crippen LogP) is -0.438. The summed E-state index contributed by atoms with van der Waals surface area (Å²) in [6.45, 7) is 0.0700. The Kier molecular flexibility index (Phi) is 3.77. The quantitative estimate of drug-likeness (QED) is 0.661. The maximum Gasteiger partial charge on any atom is 0.265 e. The molecule has 1 rings (SSSR count). The zero-order valence-electron chi connectivity index (χ0n) is 7.70. The van der Waals surface area contributed by atoms with Crippen LogP contribution in [0.25, 0.3) is 0 Å². The first kappa shape index (κ1) is 11.3. The van der Waals surface area contributed by atoms with Gasteiger partial charge in [-0.2, -0.15) is 0 Å². The topological polar surface area (TPSA) is 66.6 Å². The number of hydrogen-bond acceptors (Lipinski definition) is 3. The summed E-state index contributed by atoms with van der Waals surface area (Å²) in [5, 5.41) is 8.90. The predicted molar refractivity (Wildman–Crippen MR) is 45.8 cm³/mol. The highest BCUT2D eigenvalue weighted by molar-refractivity contribution is 5.82. The lowest BCUT2D eigenvalue weighted by Crippen LogP contribution is -2.51. The van der Waals surface area contributed by atoms with Crippen molar-refractivity contribution in [2.75, 3.05) is 13.1 Å². The van der Waals surface area contributed by atoms with Crippen LogP contribution in [0.1, 0.15) is 12.8 Å². The number of β-amino-alcohol motifs (C(OH)–C–C–N with tert-alkyl or cyclic N) is 1. The minimum atomic E-state index is -2.82. The lowest BCUT2D eigenvalue weighted by Gasteiger charge is -2.31. The number of likely N-dealkylation sites (tertiary alicyclic amines) is 1. The van der Waals surface area contributed by atoms with Crippen LogP contribution in [0.2, 0.25) is 0 Å². The van der Waals surface area contributed by atoms with Crippen LogP contribution in [0.15, 0.2) is 0 Å². The smallest absolute Gasteiger partial charge is 0.265 e. The van der Waals surface area contributed by atoms with E-state index in [9.17, 15) is 13.6 Å². The van der Waals surface area contributed by atoms with E-state index in [-0.39, 0.29) is 12.5 Å². The lowest BCUT2D eigenvalue weighted by atomic mass is 10.1. The standard InChI is InChI=1S/C8H14F2N2O2/c9-7(10)6(13)4-12-3-1-2-5(11)8(12)14/h5-7,13H,1-4,11H2. The molecule has 6 heteroatoms. The van der Waals surface area contributed by atoms with Crippen LogP contribution < -0.4 is 5.73 Å². The molecule has 1 heterocycles. The number of halogens is 2. The van der Waals surface area contributed by atoms with Gasteiger partial charge in [0.1, 0.15) is 6.10 Å². The van der Waals surface area contributed by atoms with Gasteiger partial charge >= 0.3 is 0 Å². The second kappa shape index (κ2) is 4.65. The van der Waals surface area contributed by atoms with Crippen molar-refractivity contribution in [3.8, 4) is 0 Å². The van der Waals surface area contributed by atoms with Gasteiger partial charge in [0.15, 0.2) is 0 Å². The molecule has 2 unspecified atom stereocenters. The van der Waals surface area contributed by atoms with Crippen LogP contribution in [0.4, 0.5) is 8.78 Å². The van der Waals surface area contributed by atoms with Crippen molar-refractivity contribution >= 4 is 5.91 Å². The van der Waals surface area contributed by atoms with E-state index in [1.807, 2.05) is 0 Å². The summed E-state index contributed by atoms with van der Waals surface area (Å²) in [6, 6.07) is -0.603. The Morgan fingerprint density at radius 2 is 2.29 bits per heavy atom. The van der Waals surface area contributed by atoms with Crippen molar-refractivity contribution in [3.05, 3.63) is 0 Å². The van der Waals surface area contributed by atoms with E-state index >= 15 is 0 Å². The van der Waals surface area contributed by atoms with E-state index < -0.39 is 18.6 Å². The van der Waals surface area contributed by atoms with Crippen molar-refractivity contribution in [1.29, 1.82) is 0 Å². The van der Waals surface area contributed by atoms with Crippen LogP contribution in [0.5, 0.6) is 0 Å². The molecule has 14 heavy (non-hydrogen) atoms. The molecule has 2 atom stereocenters. The minimum absolute atomic E-state index is 0.329. The molecule has 0 aromatic carbocycles. The van der Waals surface area contributed by atoms with Gasteiger partial charge in [-0.25, -0.2) is 8.78 Å². The van der Waals surface area contributed by atoms with Gasteiger partial charge < -0.3 is 15.7 Å². The molecule has 0 saturated carbocycles. The maximum absolute atomic E-state index is 12.0. The Morgan fingerprint density at radius 3 is 2.86 bits per heavy atom. The molecule has 1 amide bonds. The van der Waals surface area contributed by atoms with Crippen molar-refractivity contribution in [2.24, 2.45) is 5.73 Å². The third kappa shape index (κ3) is 2.62. The number of aliphatic hydroxyl groups is 1. The van der Waals surface area contributed by atoms with Crippen LogP contribution in [-0.2, 0) is 4.79 Å². The Morgan fingerprint density at radius 1 is 1.64 bits per heavy atom. The molecular weight excluding hydrogens is 194 g/mol. The SMILES string of the molecule is NC1CCCN(CC(O)C(F)F)C1=O. The van der Waals surface area contributed by atoms with Crippen molar-refractivity contribution in [1.82, 2.24) is 4.90 Å². The second-order valence-corrected chi connectivity index (χ2v) is 3.43. The summed E-state index contributed by atoms with van der Waals surface area (Å²) in [7, 11) is 0. The molecule has 82 valence electrons. The molecule has 1 fully saturated rings. The van der Waals surface area contributed by atoms with Gasteiger partial charge in [0.2, 0.25) is 5.91 Å². The average molecular weight is 208 g/mol. The summed E-state index contributed by atoms with van der Waals surface area (Å²) in [4.78, 5) is 12.5. The van der Waals surface area contributed by atoms with Crippen molar-refractivity contribution < 1.29 is 18.7 Å².